The lowest BCUT2D eigenvalue weighted by Gasteiger charge is -2.33. The van der Waals surface area contributed by atoms with E-state index >= 15 is 4.39 Å². The van der Waals surface area contributed by atoms with Crippen molar-refractivity contribution in [3.05, 3.63) is 59.7 Å². The second kappa shape index (κ2) is 6.13. The Morgan fingerprint density at radius 1 is 0.905 bits per heavy atom. The van der Waals surface area contributed by atoms with Gasteiger partial charge in [0.25, 0.3) is 0 Å². The maximum atomic E-state index is 16.1. The van der Waals surface area contributed by atoms with Gasteiger partial charge in [0.05, 0.1) is 0 Å². The van der Waals surface area contributed by atoms with Crippen molar-refractivity contribution in [2.24, 2.45) is 0 Å². The molecule has 1 aliphatic rings. The minimum absolute atomic E-state index is 0.164. The fraction of sp³-hybridized carbons (Fsp3) is 0.294. The average molecular weight is 319 g/mol. The Kier molecular flexibility index (Phi) is 4.41. The molecule has 21 heavy (non-hydrogen) atoms. The average Bonchev–Trinajstić information content (AvgIpc) is 3.02. The highest BCUT2D eigenvalue weighted by Gasteiger charge is 2.43. The van der Waals surface area contributed by atoms with Crippen LogP contribution < -0.4 is 15.9 Å². The monoisotopic (exact) mass is 319 g/mol. The van der Waals surface area contributed by atoms with E-state index in [0.29, 0.717) is 0 Å². The van der Waals surface area contributed by atoms with Crippen LogP contribution in [0.3, 0.4) is 0 Å². The first-order valence-corrected chi connectivity index (χ1v) is 8.40. The van der Waals surface area contributed by atoms with Crippen LogP contribution in [0.4, 0.5) is 4.39 Å². The Bertz CT molecular complexity index is 558. The largest absolute Gasteiger partial charge is 0.310 e. The molecule has 0 spiro atoms. The second-order valence-corrected chi connectivity index (χ2v) is 6.94. The lowest BCUT2D eigenvalue weighted by molar-refractivity contribution is 0.163. The van der Waals surface area contributed by atoms with Crippen LogP contribution in [0.1, 0.15) is 24.0 Å². The zero-order chi connectivity index (χ0) is 14.9. The molecule has 0 aliphatic carbocycles. The molecule has 2 aromatic carbocycles. The van der Waals surface area contributed by atoms with Gasteiger partial charge >= 0.3 is 0 Å². The van der Waals surface area contributed by atoms with Gasteiger partial charge in [0, 0.05) is 6.04 Å². The van der Waals surface area contributed by atoms with E-state index in [1.165, 1.54) is 0 Å². The van der Waals surface area contributed by atoms with Crippen molar-refractivity contribution in [1.82, 2.24) is 5.32 Å². The molecule has 0 radical (unpaired) electrons. The van der Waals surface area contributed by atoms with E-state index in [4.69, 9.17) is 0 Å². The van der Waals surface area contributed by atoms with Gasteiger partial charge in [-0.05, 0) is 41.1 Å². The molecule has 1 heterocycles. The first-order chi connectivity index (χ1) is 10.1. The molecule has 1 saturated heterocycles. The summed E-state index contributed by atoms with van der Waals surface area (Å²) < 4.78 is 16.1. The van der Waals surface area contributed by atoms with Crippen LogP contribution in [-0.4, -0.2) is 12.6 Å². The van der Waals surface area contributed by atoms with Crippen LogP contribution in [-0.2, 0) is 5.67 Å². The Balaban J connectivity index is 2.09. The first-order valence-electron chi connectivity index (χ1n) is 7.25. The van der Waals surface area contributed by atoms with Crippen LogP contribution >= 0.6 is 18.5 Å². The summed E-state index contributed by atoms with van der Waals surface area (Å²) in [5.41, 5.74) is -0.0260. The highest BCUT2D eigenvalue weighted by Crippen LogP contribution is 2.40. The summed E-state index contributed by atoms with van der Waals surface area (Å²) in [6, 6.07) is 15.2. The number of nitrogens with one attached hydrogen (secondary N) is 1. The van der Waals surface area contributed by atoms with Crippen LogP contribution in [0.5, 0.6) is 0 Å². The third kappa shape index (κ3) is 2.90. The van der Waals surface area contributed by atoms with E-state index in [9.17, 15) is 0 Å². The minimum Gasteiger partial charge on any atom is -0.310 e. The smallest absolute Gasteiger partial charge is 0.176 e. The van der Waals surface area contributed by atoms with Crippen molar-refractivity contribution < 1.29 is 4.39 Å². The third-order valence-corrected chi connectivity index (χ3v) is 4.97. The number of halogens is 1. The Morgan fingerprint density at radius 2 is 1.38 bits per heavy atom. The standard InChI is InChI=1S/C17H20FNP2/c18-17(16-2-1-11-19-16,12-3-7-14(20)8-4-12)13-5-9-15(21)10-6-13/h3-10,16,19H,1-2,11,20-21H2/t16-/m0/s1. The molecule has 1 fully saturated rings. The van der Waals surface area contributed by atoms with Crippen molar-refractivity contribution in [1.29, 1.82) is 0 Å². The number of alkyl halides is 1. The third-order valence-electron chi connectivity index (χ3n) is 4.20. The van der Waals surface area contributed by atoms with E-state index in [1.807, 2.05) is 48.5 Å². The van der Waals surface area contributed by atoms with Gasteiger partial charge in [0.15, 0.2) is 5.67 Å². The normalized spacial score (nSPS) is 18.9. The van der Waals surface area contributed by atoms with Crippen LogP contribution in [0, 0.1) is 0 Å². The van der Waals surface area contributed by atoms with Gasteiger partial charge in [-0.25, -0.2) is 4.39 Å². The zero-order valence-electron chi connectivity index (χ0n) is 11.9. The van der Waals surface area contributed by atoms with Crippen molar-refractivity contribution in [2.75, 3.05) is 6.54 Å². The molecule has 0 amide bonds. The topological polar surface area (TPSA) is 12.0 Å². The highest BCUT2D eigenvalue weighted by molar-refractivity contribution is 7.27. The fourth-order valence-corrected chi connectivity index (χ4v) is 3.43. The van der Waals surface area contributed by atoms with E-state index in [0.717, 1.165) is 41.1 Å². The summed E-state index contributed by atoms with van der Waals surface area (Å²) in [4.78, 5) is 0. The minimum atomic E-state index is -1.48. The van der Waals surface area contributed by atoms with Gasteiger partial charge in [0.1, 0.15) is 0 Å². The summed E-state index contributed by atoms with van der Waals surface area (Å²) in [6.07, 6.45) is 1.89. The molecule has 0 bridgehead atoms. The number of rotatable bonds is 3. The summed E-state index contributed by atoms with van der Waals surface area (Å²) in [6.45, 7) is 0.889. The molecule has 0 aromatic heterocycles. The molecule has 4 heteroatoms. The number of hydrogen-bond acceptors (Lipinski definition) is 1. The predicted octanol–water partition coefficient (Wildman–Crippen LogP) is 2.65. The van der Waals surface area contributed by atoms with Crippen LogP contribution in [0.25, 0.3) is 0 Å². The first kappa shape index (κ1) is 15.1. The SMILES string of the molecule is FC(c1ccc(P)cc1)(c1ccc(P)cc1)[C@@H]1CCCN1. The molecule has 3 rings (SSSR count). The van der Waals surface area contributed by atoms with Crippen molar-refractivity contribution in [3.63, 3.8) is 0 Å². The molecule has 0 saturated carbocycles. The molecule has 1 aliphatic heterocycles. The van der Waals surface area contributed by atoms with Gasteiger partial charge in [0.2, 0.25) is 0 Å². The van der Waals surface area contributed by atoms with E-state index in [1.54, 1.807) is 0 Å². The predicted molar refractivity (Wildman–Crippen MR) is 94.5 cm³/mol. The molecule has 2 aromatic rings. The maximum Gasteiger partial charge on any atom is 0.176 e. The summed E-state index contributed by atoms with van der Waals surface area (Å²) in [7, 11) is 5.29. The fourth-order valence-electron chi connectivity index (χ4n) is 3.04. The quantitative estimate of drug-likeness (QED) is 0.858. The van der Waals surface area contributed by atoms with Crippen molar-refractivity contribution in [3.8, 4) is 0 Å². The Morgan fingerprint density at radius 3 is 1.76 bits per heavy atom. The van der Waals surface area contributed by atoms with Crippen molar-refractivity contribution >= 4 is 29.1 Å². The summed E-state index contributed by atoms with van der Waals surface area (Å²) in [5, 5.41) is 5.48. The number of hydrogen-bond donors (Lipinski definition) is 1. The maximum absolute atomic E-state index is 16.1. The van der Waals surface area contributed by atoms with Gasteiger partial charge in [-0.2, -0.15) is 0 Å². The number of benzene rings is 2. The lowest BCUT2D eigenvalue weighted by atomic mass is 9.81. The second-order valence-electron chi connectivity index (χ2n) is 5.60. The van der Waals surface area contributed by atoms with E-state index in [-0.39, 0.29) is 6.04 Å². The molecule has 110 valence electrons. The lowest BCUT2D eigenvalue weighted by Crippen LogP contribution is -2.43. The zero-order valence-corrected chi connectivity index (χ0v) is 14.2. The molecule has 1 nitrogen and oxygen atoms in total. The summed E-state index contributed by atoms with van der Waals surface area (Å²) >= 11 is 0. The van der Waals surface area contributed by atoms with E-state index in [2.05, 4.69) is 23.8 Å². The summed E-state index contributed by atoms with van der Waals surface area (Å²) in [5.74, 6) is 0. The molecular weight excluding hydrogens is 299 g/mol. The molecule has 2 unspecified atom stereocenters. The van der Waals surface area contributed by atoms with Gasteiger partial charge in [-0.3, -0.25) is 0 Å². The van der Waals surface area contributed by atoms with Gasteiger partial charge in [-0.1, -0.05) is 48.5 Å². The molecular formula is C17H20FNP2. The Hall–Kier alpha value is -0.810. The Labute approximate surface area is 130 Å². The molecule has 1 N–H and O–H groups in total. The van der Waals surface area contributed by atoms with Gasteiger partial charge in [-0.15, -0.1) is 18.5 Å². The van der Waals surface area contributed by atoms with Crippen LogP contribution in [0.15, 0.2) is 48.5 Å². The van der Waals surface area contributed by atoms with Gasteiger partial charge < -0.3 is 5.32 Å². The highest BCUT2D eigenvalue weighted by atomic mass is 31.0. The van der Waals surface area contributed by atoms with Crippen molar-refractivity contribution in [2.45, 2.75) is 24.6 Å². The molecule has 3 atom stereocenters. The van der Waals surface area contributed by atoms with Crippen LogP contribution in [0.2, 0.25) is 0 Å². The van der Waals surface area contributed by atoms with E-state index < -0.39 is 5.67 Å².